The lowest BCUT2D eigenvalue weighted by atomic mass is 10.0. The molecular weight excluding hydrogens is 825 g/mol. The number of hydrogen-bond acceptors (Lipinski definition) is 7. The van der Waals surface area contributed by atoms with Crippen LogP contribution in [0.15, 0.2) is 121 Å². The van der Waals surface area contributed by atoms with E-state index in [-0.39, 0.29) is 0 Å². The summed E-state index contributed by atoms with van der Waals surface area (Å²) in [4.78, 5) is 0. The van der Waals surface area contributed by atoms with Crippen molar-refractivity contribution in [3.8, 4) is 34.5 Å². The Morgan fingerprint density at radius 3 is 0.969 bits per heavy atom. The lowest BCUT2D eigenvalue weighted by Gasteiger charge is -2.15. The van der Waals surface area contributed by atoms with Crippen molar-refractivity contribution in [2.24, 2.45) is 0 Å². The second kappa shape index (κ2) is 24.9. The number of rotatable bonds is 23. The highest BCUT2D eigenvalue weighted by atomic mass is 32.1. The zero-order valence-electron chi connectivity index (χ0n) is 38.4. The number of hydrogen-bond donors (Lipinski definition) is 1. The molecule has 334 valence electrons. The molecule has 0 heterocycles. The van der Waals surface area contributed by atoms with Crippen LogP contribution in [0.3, 0.4) is 0 Å². The molecule has 1 aliphatic carbocycles. The normalized spacial score (nSPS) is 12.4. The van der Waals surface area contributed by atoms with E-state index < -0.39 is 0 Å². The first kappa shape index (κ1) is 47.7. The van der Waals surface area contributed by atoms with Gasteiger partial charge in [-0.05, 0) is 153 Å². The fourth-order valence-corrected chi connectivity index (χ4v) is 7.31. The van der Waals surface area contributed by atoms with Gasteiger partial charge in [0.2, 0.25) is 0 Å². The van der Waals surface area contributed by atoms with E-state index in [1.165, 1.54) is 0 Å². The van der Waals surface area contributed by atoms with Gasteiger partial charge in [-0.2, -0.15) is 12.6 Å². The summed E-state index contributed by atoms with van der Waals surface area (Å²) < 4.78 is 36.5. The molecule has 0 unspecified atom stereocenters. The van der Waals surface area contributed by atoms with Crippen LogP contribution in [0.5, 0.6) is 34.5 Å². The van der Waals surface area contributed by atoms with E-state index in [0.29, 0.717) is 45.4 Å². The van der Waals surface area contributed by atoms with Gasteiger partial charge < -0.3 is 28.4 Å². The van der Waals surface area contributed by atoms with Crippen molar-refractivity contribution < 1.29 is 28.4 Å². The van der Waals surface area contributed by atoms with Crippen molar-refractivity contribution in [1.82, 2.24) is 0 Å². The summed E-state index contributed by atoms with van der Waals surface area (Å²) in [7, 11) is 0. The van der Waals surface area contributed by atoms with Crippen molar-refractivity contribution in [1.29, 1.82) is 0 Å². The van der Waals surface area contributed by atoms with Gasteiger partial charge in [0, 0.05) is 11.3 Å². The summed E-state index contributed by atoms with van der Waals surface area (Å²) in [5, 5.41) is 0. The van der Waals surface area contributed by atoms with Crippen LogP contribution in [0, 0.1) is 0 Å². The molecule has 65 heavy (non-hydrogen) atoms. The quantitative estimate of drug-likeness (QED) is 0.0401. The topological polar surface area (TPSA) is 55.4 Å². The van der Waals surface area contributed by atoms with Gasteiger partial charge in [0.05, 0.1) is 56.3 Å². The Balaban J connectivity index is 1.17. The molecule has 0 N–H and O–H groups in total. The highest BCUT2D eigenvalue weighted by molar-refractivity contribution is 7.79. The van der Waals surface area contributed by atoms with Gasteiger partial charge in [-0.15, -0.1) is 5.73 Å². The first-order valence-electron chi connectivity index (χ1n) is 22.5. The summed E-state index contributed by atoms with van der Waals surface area (Å²) in [6.45, 7) is 15.2. The minimum Gasteiger partial charge on any atom is -0.493 e. The Labute approximate surface area is 391 Å². The van der Waals surface area contributed by atoms with Crippen molar-refractivity contribution in [3.05, 3.63) is 176 Å². The van der Waals surface area contributed by atoms with E-state index in [4.69, 9.17) is 28.4 Å². The summed E-state index contributed by atoms with van der Waals surface area (Å²) in [6, 6.07) is 29.2. The van der Waals surface area contributed by atoms with Crippen LogP contribution in [0.25, 0.3) is 54.7 Å². The minimum atomic E-state index is 0.526. The van der Waals surface area contributed by atoms with Crippen LogP contribution in [-0.4, -0.2) is 39.6 Å². The van der Waals surface area contributed by atoms with Crippen LogP contribution < -0.4 is 28.4 Å². The predicted molar refractivity (Wildman–Crippen MR) is 277 cm³/mol. The van der Waals surface area contributed by atoms with Gasteiger partial charge in [-0.1, -0.05) is 91.1 Å². The van der Waals surface area contributed by atoms with E-state index in [1.807, 2.05) is 84.1 Å². The molecule has 5 aromatic rings. The molecule has 0 bridgehead atoms. The number of ether oxygens (including phenoxy) is 6. The summed E-state index contributed by atoms with van der Waals surface area (Å²) >= 11 is 4.47. The SMILES string of the molecule is CCOc1cc(/C=C/c2ccc(/C=C/c3c(OCC)cc(/C=C/c4ccc(/C=C/c5c(OCC)cc(CS)cc5OCC)cc4)cc3OCC)cc2)cc(OCC)c1/C=C/C1=C=CC=C1. The number of thiol groups is 1. The third-order valence-corrected chi connectivity index (χ3v) is 10.5. The molecular formula is C58H60O6S. The Morgan fingerprint density at radius 2 is 0.677 bits per heavy atom. The zero-order chi connectivity index (χ0) is 45.8. The molecule has 0 aliphatic heterocycles. The molecule has 7 heteroatoms. The second-order valence-corrected chi connectivity index (χ2v) is 15.1. The highest BCUT2D eigenvalue weighted by Crippen LogP contribution is 2.37. The van der Waals surface area contributed by atoms with Crippen molar-refractivity contribution >= 4 is 67.3 Å². The van der Waals surface area contributed by atoms with Gasteiger partial charge >= 0.3 is 0 Å². The third kappa shape index (κ3) is 13.6. The lowest BCUT2D eigenvalue weighted by molar-refractivity contribution is 0.321. The average molecular weight is 885 g/mol. The molecule has 0 saturated carbocycles. The first-order valence-corrected chi connectivity index (χ1v) is 23.2. The van der Waals surface area contributed by atoms with Gasteiger partial charge in [-0.3, -0.25) is 0 Å². The molecule has 0 radical (unpaired) electrons. The van der Waals surface area contributed by atoms with E-state index in [0.717, 1.165) is 95.7 Å². The van der Waals surface area contributed by atoms with Crippen LogP contribution in [-0.2, 0) is 5.75 Å². The van der Waals surface area contributed by atoms with E-state index in [1.54, 1.807) is 0 Å². The molecule has 0 amide bonds. The van der Waals surface area contributed by atoms with Gasteiger partial charge in [0.15, 0.2) is 0 Å². The first-order chi connectivity index (χ1) is 31.9. The van der Waals surface area contributed by atoms with E-state index in [2.05, 4.69) is 140 Å². The number of allylic oxidation sites excluding steroid dienone is 4. The maximum Gasteiger partial charge on any atom is 0.130 e. The molecule has 0 atom stereocenters. The highest BCUT2D eigenvalue weighted by Gasteiger charge is 2.14. The fourth-order valence-electron chi connectivity index (χ4n) is 7.13. The lowest BCUT2D eigenvalue weighted by Crippen LogP contribution is -2.00. The Bertz CT molecular complexity index is 2540. The van der Waals surface area contributed by atoms with Crippen LogP contribution in [0.1, 0.15) is 97.2 Å². The maximum absolute atomic E-state index is 6.20. The van der Waals surface area contributed by atoms with E-state index >= 15 is 0 Å². The fraction of sp³-hybridized carbons (Fsp3) is 0.224. The summed E-state index contributed by atoms with van der Waals surface area (Å²) in [5.74, 6) is 5.27. The molecule has 0 fully saturated rings. The van der Waals surface area contributed by atoms with Crippen molar-refractivity contribution in [2.75, 3.05) is 39.6 Å². The maximum atomic E-state index is 6.20. The monoisotopic (exact) mass is 884 g/mol. The van der Waals surface area contributed by atoms with Crippen LogP contribution >= 0.6 is 12.6 Å². The van der Waals surface area contributed by atoms with Gasteiger partial charge in [-0.25, -0.2) is 0 Å². The molecule has 1 aliphatic rings. The van der Waals surface area contributed by atoms with Gasteiger partial charge in [0.1, 0.15) is 34.5 Å². The van der Waals surface area contributed by atoms with Gasteiger partial charge in [0.25, 0.3) is 0 Å². The molecule has 0 aromatic heterocycles. The second-order valence-electron chi connectivity index (χ2n) is 14.7. The largest absolute Gasteiger partial charge is 0.493 e. The summed E-state index contributed by atoms with van der Waals surface area (Å²) in [5.41, 5.74) is 14.2. The Hall–Kier alpha value is -6.79. The van der Waals surface area contributed by atoms with E-state index in [9.17, 15) is 0 Å². The van der Waals surface area contributed by atoms with Crippen molar-refractivity contribution in [2.45, 2.75) is 47.3 Å². The Morgan fingerprint density at radius 1 is 0.385 bits per heavy atom. The molecule has 6 nitrogen and oxygen atoms in total. The van der Waals surface area contributed by atoms with Crippen LogP contribution in [0.2, 0.25) is 0 Å². The average Bonchev–Trinajstić information content (AvgIpc) is 3.84. The Kier molecular flexibility index (Phi) is 18.3. The molecule has 6 rings (SSSR count). The molecule has 0 saturated heterocycles. The molecule has 5 aromatic carbocycles. The zero-order valence-corrected chi connectivity index (χ0v) is 39.3. The molecule has 0 spiro atoms. The number of benzene rings is 5. The predicted octanol–water partition coefficient (Wildman–Crippen LogP) is 14.9. The standard InChI is InChI=1S/C58H60O6S/c1-7-59-53-35-47(36-54(60-8-2)50(53)32-29-42-15-13-14-16-42)27-25-43-17-21-45(22-18-43)30-33-51-55(61-9-3)37-48(38-56(51)62-10-4)28-26-44-19-23-46(24-20-44)31-34-52-57(63-11-5)39-49(41-65)40-58(52)64-12-6/h13-15,17-40,65H,7-12,41H2,1-6H3/b27-25+,28-26+,32-29+,33-30+,34-31+. The minimum absolute atomic E-state index is 0.526. The third-order valence-electron chi connectivity index (χ3n) is 10.1. The summed E-state index contributed by atoms with van der Waals surface area (Å²) in [6.07, 6.45) is 26.6. The smallest absolute Gasteiger partial charge is 0.130 e. The van der Waals surface area contributed by atoms with Crippen LogP contribution in [0.4, 0.5) is 0 Å². The van der Waals surface area contributed by atoms with Crippen molar-refractivity contribution in [3.63, 3.8) is 0 Å².